The highest BCUT2D eigenvalue weighted by atomic mass is 32.2. The molecule has 3 heteroatoms. The van der Waals surface area contributed by atoms with Gasteiger partial charge in [-0.05, 0) is 12.2 Å². The number of hydrogen-bond donors (Lipinski definition) is 1. The molecule has 1 rings (SSSR count). The summed E-state index contributed by atoms with van der Waals surface area (Å²) in [5.41, 5.74) is 0.561. The van der Waals surface area contributed by atoms with Crippen molar-refractivity contribution in [2.45, 2.75) is 6.42 Å². The predicted molar refractivity (Wildman–Crippen MR) is 37.7 cm³/mol. The number of rotatable bonds is 1. The maximum Gasteiger partial charge on any atom is 0.332 e. The van der Waals surface area contributed by atoms with Gasteiger partial charge in [-0.15, -0.1) is 0 Å². The van der Waals surface area contributed by atoms with Gasteiger partial charge in [-0.25, -0.2) is 4.79 Å². The van der Waals surface area contributed by atoms with Gasteiger partial charge in [0, 0.05) is 11.3 Å². The van der Waals surface area contributed by atoms with Crippen LogP contribution in [0.3, 0.4) is 0 Å². The molecular weight excluding hydrogens is 136 g/mol. The zero-order valence-corrected chi connectivity index (χ0v) is 5.78. The third kappa shape index (κ3) is 1.75. The molecule has 0 saturated heterocycles. The highest BCUT2D eigenvalue weighted by Crippen LogP contribution is 2.16. The molecule has 0 aromatic carbocycles. The molecule has 2 nitrogen and oxygen atoms in total. The number of carboxylic acids is 1. The maximum atomic E-state index is 10.3. The number of carboxylic acid groups (broad SMARTS) is 1. The Morgan fingerprint density at radius 3 is 2.89 bits per heavy atom. The van der Waals surface area contributed by atoms with Crippen LogP contribution in [0, 0.1) is 0 Å². The van der Waals surface area contributed by atoms with Gasteiger partial charge in [-0.1, -0.05) is 6.08 Å². The molecule has 0 aromatic heterocycles. The van der Waals surface area contributed by atoms with Gasteiger partial charge in [0.05, 0.1) is 0 Å². The van der Waals surface area contributed by atoms with Crippen LogP contribution < -0.4 is 0 Å². The van der Waals surface area contributed by atoms with E-state index in [-0.39, 0.29) is 0 Å². The second-order valence-corrected chi connectivity index (χ2v) is 2.98. The number of carbonyl (C=O) groups is 1. The molecule has 0 aliphatic carbocycles. The molecule has 0 amide bonds. The lowest BCUT2D eigenvalue weighted by Gasteiger charge is -2.06. The molecule has 1 aliphatic rings. The Labute approximate surface area is 57.9 Å². The molecule has 0 radical (unpaired) electrons. The van der Waals surface area contributed by atoms with E-state index in [0.29, 0.717) is 11.3 Å². The molecular formula is C6H8O2S. The van der Waals surface area contributed by atoms with Crippen molar-refractivity contribution < 1.29 is 9.90 Å². The minimum absolute atomic E-state index is 0.561. The first kappa shape index (κ1) is 6.68. The summed E-state index contributed by atoms with van der Waals surface area (Å²) >= 11 is 1.68. The highest BCUT2D eigenvalue weighted by Gasteiger charge is 2.09. The Morgan fingerprint density at radius 2 is 2.56 bits per heavy atom. The smallest absolute Gasteiger partial charge is 0.332 e. The van der Waals surface area contributed by atoms with E-state index < -0.39 is 5.97 Å². The normalized spacial score (nSPS) is 18.9. The van der Waals surface area contributed by atoms with E-state index in [9.17, 15) is 4.79 Å². The lowest BCUT2D eigenvalue weighted by molar-refractivity contribution is -0.132. The number of thioether (sulfide) groups is 1. The lowest BCUT2D eigenvalue weighted by Crippen LogP contribution is -2.06. The first-order chi connectivity index (χ1) is 4.30. The van der Waals surface area contributed by atoms with Crippen LogP contribution in [0.25, 0.3) is 0 Å². The Bertz CT molecular complexity index is 151. The van der Waals surface area contributed by atoms with Crippen LogP contribution in [-0.4, -0.2) is 22.6 Å². The summed E-state index contributed by atoms with van der Waals surface area (Å²) in [6.45, 7) is 0. The van der Waals surface area contributed by atoms with E-state index in [2.05, 4.69) is 0 Å². The fourth-order valence-electron chi connectivity index (χ4n) is 0.707. The van der Waals surface area contributed by atoms with Crippen molar-refractivity contribution in [3.8, 4) is 0 Å². The molecule has 0 unspecified atom stereocenters. The second kappa shape index (κ2) is 2.92. The summed E-state index contributed by atoms with van der Waals surface area (Å²) in [5.74, 6) is 0.980. The highest BCUT2D eigenvalue weighted by molar-refractivity contribution is 7.99. The summed E-state index contributed by atoms with van der Waals surface area (Å²) in [6.07, 6.45) is 2.71. The Kier molecular flexibility index (Phi) is 2.16. The standard InChI is InChI=1S/C6H8O2S/c7-6(8)5-2-1-3-9-4-5/h2H,1,3-4H2,(H,7,8). The van der Waals surface area contributed by atoms with Crippen LogP contribution in [0.1, 0.15) is 6.42 Å². The Hall–Kier alpha value is -0.440. The average molecular weight is 144 g/mol. The van der Waals surface area contributed by atoms with Crippen LogP contribution >= 0.6 is 11.8 Å². The summed E-state index contributed by atoms with van der Waals surface area (Å²) in [6, 6.07) is 0. The van der Waals surface area contributed by atoms with E-state index in [1.54, 1.807) is 17.8 Å². The molecule has 0 fully saturated rings. The van der Waals surface area contributed by atoms with Gasteiger partial charge in [0.2, 0.25) is 0 Å². The van der Waals surface area contributed by atoms with Gasteiger partial charge in [0.25, 0.3) is 0 Å². The summed E-state index contributed by atoms with van der Waals surface area (Å²) in [5, 5.41) is 8.46. The van der Waals surface area contributed by atoms with Gasteiger partial charge < -0.3 is 5.11 Å². The molecule has 0 spiro atoms. The average Bonchev–Trinajstić information content (AvgIpc) is 1.90. The largest absolute Gasteiger partial charge is 0.478 e. The minimum Gasteiger partial charge on any atom is -0.478 e. The monoisotopic (exact) mass is 144 g/mol. The molecule has 9 heavy (non-hydrogen) atoms. The van der Waals surface area contributed by atoms with E-state index in [1.807, 2.05) is 0 Å². The van der Waals surface area contributed by atoms with Crippen molar-refractivity contribution in [1.82, 2.24) is 0 Å². The van der Waals surface area contributed by atoms with E-state index >= 15 is 0 Å². The van der Waals surface area contributed by atoms with Gasteiger partial charge in [-0.2, -0.15) is 11.8 Å². The first-order valence-electron chi connectivity index (χ1n) is 2.81. The lowest BCUT2D eigenvalue weighted by atomic mass is 10.2. The SMILES string of the molecule is O=C(O)C1=CCCSC1. The van der Waals surface area contributed by atoms with Gasteiger partial charge in [-0.3, -0.25) is 0 Å². The zero-order valence-electron chi connectivity index (χ0n) is 4.96. The predicted octanol–water partition coefficient (Wildman–Crippen LogP) is 1.13. The summed E-state index contributed by atoms with van der Waals surface area (Å²) < 4.78 is 0. The van der Waals surface area contributed by atoms with Crippen LogP contribution in [0.4, 0.5) is 0 Å². The van der Waals surface area contributed by atoms with Gasteiger partial charge in [0.15, 0.2) is 0 Å². The van der Waals surface area contributed by atoms with Crippen molar-refractivity contribution >= 4 is 17.7 Å². The summed E-state index contributed by atoms with van der Waals surface area (Å²) in [7, 11) is 0. The van der Waals surface area contributed by atoms with Crippen LogP contribution in [0.15, 0.2) is 11.6 Å². The van der Waals surface area contributed by atoms with Gasteiger partial charge in [0.1, 0.15) is 0 Å². The molecule has 1 heterocycles. The number of hydrogen-bond acceptors (Lipinski definition) is 2. The van der Waals surface area contributed by atoms with Crippen molar-refractivity contribution in [2.75, 3.05) is 11.5 Å². The quantitative estimate of drug-likeness (QED) is 0.599. The molecule has 0 atom stereocenters. The van der Waals surface area contributed by atoms with Crippen molar-refractivity contribution in [2.24, 2.45) is 0 Å². The minimum atomic E-state index is -0.762. The van der Waals surface area contributed by atoms with E-state index in [1.165, 1.54) is 0 Å². The molecule has 1 N–H and O–H groups in total. The second-order valence-electron chi connectivity index (χ2n) is 1.88. The zero-order chi connectivity index (χ0) is 6.69. The molecule has 0 bridgehead atoms. The molecule has 0 saturated carbocycles. The van der Waals surface area contributed by atoms with Crippen LogP contribution in [0.2, 0.25) is 0 Å². The molecule has 1 aliphatic heterocycles. The third-order valence-electron chi connectivity index (χ3n) is 1.19. The fraction of sp³-hybridized carbons (Fsp3) is 0.500. The van der Waals surface area contributed by atoms with Crippen molar-refractivity contribution in [3.05, 3.63) is 11.6 Å². The van der Waals surface area contributed by atoms with E-state index in [0.717, 1.165) is 12.2 Å². The number of aliphatic carboxylic acids is 1. The molecule has 0 aromatic rings. The summed E-state index contributed by atoms with van der Waals surface area (Å²) in [4.78, 5) is 10.3. The number of allylic oxidation sites excluding steroid dienone is 1. The van der Waals surface area contributed by atoms with Gasteiger partial charge >= 0.3 is 5.97 Å². The maximum absolute atomic E-state index is 10.3. The van der Waals surface area contributed by atoms with Crippen molar-refractivity contribution in [3.63, 3.8) is 0 Å². The fourth-order valence-corrected chi connectivity index (χ4v) is 1.60. The molecule has 50 valence electrons. The first-order valence-corrected chi connectivity index (χ1v) is 3.96. The third-order valence-corrected chi connectivity index (χ3v) is 2.22. The van der Waals surface area contributed by atoms with Crippen LogP contribution in [0.5, 0.6) is 0 Å². The Morgan fingerprint density at radius 1 is 1.78 bits per heavy atom. The Balaban J connectivity index is 2.57. The topological polar surface area (TPSA) is 37.3 Å². The van der Waals surface area contributed by atoms with Crippen LogP contribution in [-0.2, 0) is 4.79 Å². The van der Waals surface area contributed by atoms with E-state index in [4.69, 9.17) is 5.11 Å². The van der Waals surface area contributed by atoms with Crippen molar-refractivity contribution in [1.29, 1.82) is 0 Å².